The third-order valence-corrected chi connectivity index (χ3v) is 2.61. The van der Waals surface area contributed by atoms with Gasteiger partial charge in [-0.25, -0.2) is 4.39 Å². The van der Waals surface area contributed by atoms with Crippen molar-refractivity contribution in [1.82, 2.24) is 9.88 Å². The highest BCUT2D eigenvalue weighted by atomic mass is 19.1. The molecule has 0 fully saturated rings. The fourth-order valence-electron chi connectivity index (χ4n) is 1.72. The summed E-state index contributed by atoms with van der Waals surface area (Å²) in [5.74, 6) is -2.22. The Balaban J connectivity index is 2.92. The molecule has 1 amide bonds. The van der Waals surface area contributed by atoms with Crippen LogP contribution in [0.5, 0.6) is 0 Å². The summed E-state index contributed by atoms with van der Waals surface area (Å²) in [5.41, 5.74) is -0.0934. The molecule has 1 atom stereocenters. The zero-order valence-corrected chi connectivity index (χ0v) is 10.3. The van der Waals surface area contributed by atoms with Gasteiger partial charge in [0, 0.05) is 18.8 Å². The van der Waals surface area contributed by atoms with E-state index in [2.05, 4.69) is 4.98 Å². The molecule has 98 valence electrons. The number of aliphatic carboxylic acids is 1. The molecular weight excluding hydrogens is 239 g/mol. The van der Waals surface area contributed by atoms with Crippen LogP contribution in [0.25, 0.3) is 0 Å². The van der Waals surface area contributed by atoms with Gasteiger partial charge in [-0.05, 0) is 19.9 Å². The van der Waals surface area contributed by atoms with Crippen LogP contribution >= 0.6 is 0 Å². The molecule has 1 N–H and O–H groups in total. The van der Waals surface area contributed by atoms with Crippen LogP contribution in [0.1, 0.15) is 30.6 Å². The summed E-state index contributed by atoms with van der Waals surface area (Å²) < 4.78 is 13.4. The fourth-order valence-corrected chi connectivity index (χ4v) is 1.72. The van der Waals surface area contributed by atoms with Gasteiger partial charge in [0.25, 0.3) is 5.91 Å². The van der Waals surface area contributed by atoms with Gasteiger partial charge in [0.15, 0.2) is 5.82 Å². The summed E-state index contributed by atoms with van der Waals surface area (Å²) in [5, 5.41) is 8.71. The van der Waals surface area contributed by atoms with Crippen molar-refractivity contribution >= 4 is 11.9 Å². The largest absolute Gasteiger partial charge is 0.481 e. The molecule has 1 heterocycles. The molecule has 0 radical (unpaired) electrons. The predicted octanol–water partition coefficient (Wildman–Crippen LogP) is 1.55. The van der Waals surface area contributed by atoms with Gasteiger partial charge in [-0.2, -0.15) is 0 Å². The molecule has 1 rings (SSSR count). The molecule has 0 saturated carbocycles. The monoisotopic (exact) mass is 254 g/mol. The number of carbonyl (C=O) groups is 2. The van der Waals surface area contributed by atoms with E-state index < -0.39 is 23.7 Å². The van der Waals surface area contributed by atoms with Crippen LogP contribution in [0.3, 0.4) is 0 Å². The Kier molecular flexibility index (Phi) is 4.76. The smallest absolute Gasteiger partial charge is 0.305 e. The number of rotatable bonds is 5. The van der Waals surface area contributed by atoms with Crippen molar-refractivity contribution in [2.24, 2.45) is 0 Å². The maximum Gasteiger partial charge on any atom is 0.305 e. The van der Waals surface area contributed by atoms with Gasteiger partial charge in [-0.1, -0.05) is 0 Å². The molecule has 1 aromatic heterocycles. The highest BCUT2D eigenvalue weighted by Crippen LogP contribution is 2.13. The van der Waals surface area contributed by atoms with Gasteiger partial charge < -0.3 is 10.0 Å². The number of aromatic nitrogens is 1. The first-order valence-electron chi connectivity index (χ1n) is 5.59. The Hall–Kier alpha value is -1.98. The van der Waals surface area contributed by atoms with Crippen molar-refractivity contribution in [3.63, 3.8) is 0 Å². The normalized spacial score (nSPS) is 11.9. The number of halogens is 1. The number of hydrogen-bond donors (Lipinski definition) is 1. The van der Waals surface area contributed by atoms with Crippen LogP contribution in [-0.2, 0) is 4.79 Å². The zero-order valence-electron chi connectivity index (χ0n) is 10.3. The third-order valence-electron chi connectivity index (χ3n) is 2.61. The fraction of sp³-hybridized carbons (Fsp3) is 0.417. The standard InChI is InChI=1S/C12H15FN2O3/c1-3-15(8(2)6-11(16)17)12(18)9-4-5-14-7-10(9)13/h4-5,7-8H,3,6H2,1-2H3,(H,16,17). The number of pyridine rings is 1. The van der Waals surface area contributed by atoms with Crippen LogP contribution in [-0.4, -0.2) is 39.5 Å². The van der Waals surface area contributed by atoms with E-state index in [0.717, 1.165) is 6.20 Å². The van der Waals surface area contributed by atoms with Crippen molar-refractivity contribution < 1.29 is 19.1 Å². The van der Waals surface area contributed by atoms with Crippen LogP contribution in [0, 0.1) is 5.82 Å². The Labute approximate surface area is 104 Å². The molecule has 0 aliphatic heterocycles. The maximum absolute atomic E-state index is 13.4. The number of nitrogens with zero attached hydrogens (tertiary/aromatic N) is 2. The molecule has 18 heavy (non-hydrogen) atoms. The van der Waals surface area contributed by atoms with E-state index in [0.29, 0.717) is 6.54 Å². The molecule has 0 saturated heterocycles. The summed E-state index contributed by atoms with van der Waals surface area (Å²) in [6, 6.07) is 0.793. The van der Waals surface area contributed by atoms with E-state index in [-0.39, 0.29) is 12.0 Å². The van der Waals surface area contributed by atoms with E-state index in [1.807, 2.05) is 0 Å². The van der Waals surface area contributed by atoms with Crippen molar-refractivity contribution in [2.45, 2.75) is 26.3 Å². The van der Waals surface area contributed by atoms with Crippen molar-refractivity contribution in [1.29, 1.82) is 0 Å². The molecule has 6 heteroatoms. The second-order valence-electron chi connectivity index (χ2n) is 3.89. The minimum absolute atomic E-state index is 0.0934. The molecule has 0 aromatic carbocycles. The van der Waals surface area contributed by atoms with E-state index in [1.165, 1.54) is 17.2 Å². The Bertz CT molecular complexity index is 451. The Morgan fingerprint density at radius 2 is 2.22 bits per heavy atom. The van der Waals surface area contributed by atoms with Gasteiger partial charge in [-0.15, -0.1) is 0 Å². The van der Waals surface area contributed by atoms with Crippen LogP contribution in [0.15, 0.2) is 18.5 Å². The second kappa shape index (κ2) is 6.09. The quantitative estimate of drug-likeness (QED) is 0.865. The lowest BCUT2D eigenvalue weighted by molar-refractivity contribution is -0.138. The second-order valence-corrected chi connectivity index (χ2v) is 3.89. The topological polar surface area (TPSA) is 70.5 Å². The van der Waals surface area contributed by atoms with Crippen LogP contribution < -0.4 is 0 Å². The first-order chi connectivity index (χ1) is 8.47. The molecule has 5 nitrogen and oxygen atoms in total. The van der Waals surface area contributed by atoms with Gasteiger partial charge in [-0.3, -0.25) is 14.6 Å². The molecular formula is C12H15FN2O3. The van der Waals surface area contributed by atoms with E-state index >= 15 is 0 Å². The number of hydrogen-bond acceptors (Lipinski definition) is 3. The molecule has 0 bridgehead atoms. The third kappa shape index (κ3) is 3.26. The van der Waals surface area contributed by atoms with Crippen LogP contribution in [0.4, 0.5) is 4.39 Å². The molecule has 0 aliphatic carbocycles. The van der Waals surface area contributed by atoms with Gasteiger partial charge in [0.2, 0.25) is 0 Å². The molecule has 1 aromatic rings. The average molecular weight is 254 g/mol. The van der Waals surface area contributed by atoms with Gasteiger partial charge >= 0.3 is 5.97 Å². The van der Waals surface area contributed by atoms with Crippen molar-refractivity contribution in [2.75, 3.05) is 6.54 Å². The minimum atomic E-state index is -0.996. The van der Waals surface area contributed by atoms with Gasteiger partial charge in [0.1, 0.15) is 0 Å². The predicted molar refractivity (Wildman–Crippen MR) is 62.6 cm³/mol. The van der Waals surface area contributed by atoms with E-state index in [4.69, 9.17) is 5.11 Å². The number of amides is 1. The Morgan fingerprint density at radius 1 is 1.56 bits per heavy atom. The summed E-state index contributed by atoms with van der Waals surface area (Å²) >= 11 is 0. The summed E-state index contributed by atoms with van der Waals surface area (Å²) in [4.78, 5) is 27.6. The average Bonchev–Trinajstić information content (AvgIpc) is 2.29. The SMILES string of the molecule is CCN(C(=O)c1ccncc1F)C(C)CC(=O)O. The number of carboxylic acids is 1. The zero-order chi connectivity index (χ0) is 13.7. The van der Waals surface area contributed by atoms with Crippen molar-refractivity contribution in [3.05, 3.63) is 29.8 Å². The highest BCUT2D eigenvalue weighted by molar-refractivity contribution is 5.94. The molecule has 1 unspecified atom stereocenters. The lowest BCUT2D eigenvalue weighted by Gasteiger charge is -2.27. The van der Waals surface area contributed by atoms with Crippen molar-refractivity contribution in [3.8, 4) is 0 Å². The first-order valence-corrected chi connectivity index (χ1v) is 5.59. The maximum atomic E-state index is 13.4. The summed E-state index contributed by atoms with van der Waals surface area (Å²) in [6.07, 6.45) is 2.11. The van der Waals surface area contributed by atoms with E-state index in [1.54, 1.807) is 13.8 Å². The lowest BCUT2D eigenvalue weighted by atomic mass is 10.1. The van der Waals surface area contributed by atoms with E-state index in [9.17, 15) is 14.0 Å². The minimum Gasteiger partial charge on any atom is -0.481 e. The highest BCUT2D eigenvalue weighted by Gasteiger charge is 2.23. The number of carboxylic acid groups (broad SMARTS) is 1. The lowest BCUT2D eigenvalue weighted by Crippen LogP contribution is -2.40. The molecule has 0 aliphatic rings. The molecule has 0 spiro atoms. The Morgan fingerprint density at radius 3 is 2.72 bits per heavy atom. The first kappa shape index (κ1) is 14.1. The summed E-state index contributed by atoms with van der Waals surface area (Å²) in [7, 11) is 0. The van der Waals surface area contributed by atoms with Gasteiger partial charge in [0.05, 0.1) is 18.2 Å². The summed E-state index contributed by atoms with van der Waals surface area (Å²) in [6.45, 7) is 3.65. The van der Waals surface area contributed by atoms with Crippen LogP contribution in [0.2, 0.25) is 0 Å². The number of carbonyl (C=O) groups excluding carboxylic acids is 1.